The second kappa shape index (κ2) is 10.1. The number of benzene rings is 1. The Bertz CT molecular complexity index is 1090. The second-order valence-electron chi connectivity index (χ2n) is 6.82. The molecule has 16 heteroatoms. The van der Waals surface area contributed by atoms with Crippen molar-refractivity contribution in [3.8, 4) is 0 Å². The average molecular weight is 534 g/mol. The van der Waals surface area contributed by atoms with Gasteiger partial charge in [-0.2, -0.15) is 39.5 Å². The van der Waals surface area contributed by atoms with Gasteiger partial charge < -0.3 is 10.6 Å². The first-order valence-electron chi connectivity index (χ1n) is 9.11. The number of halogens is 10. The molecule has 35 heavy (non-hydrogen) atoms. The molecule has 190 valence electrons. The summed E-state index contributed by atoms with van der Waals surface area (Å²) in [6.07, 6.45) is -14.6. The number of amidine groups is 2. The minimum Gasteiger partial charge on any atom is -0.342 e. The van der Waals surface area contributed by atoms with Gasteiger partial charge in [0.05, 0.1) is 22.2 Å². The molecular weight excluding hydrogens is 521 g/mol. The van der Waals surface area contributed by atoms with Gasteiger partial charge in [0, 0.05) is 11.8 Å². The summed E-state index contributed by atoms with van der Waals surface area (Å²) in [4.78, 5) is 19.2. The lowest BCUT2D eigenvalue weighted by molar-refractivity contribution is -0.143. The number of alkyl halides is 9. The highest BCUT2D eigenvalue weighted by atomic mass is 35.5. The molecule has 0 aliphatic rings. The Morgan fingerprint density at radius 2 is 1.54 bits per heavy atom. The molecule has 1 aromatic carbocycles. The summed E-state index contributed by atoms with van der Waals surface area (Å²) in [5, 5.41) is 11.5. The molecule has 6 nitrogen and oxygen atoms in total. The highest BCUT2D eigenvalue weighted by Gasteiger charge is 2.38. The molecule has 1 atom stereocenters. The number of anilines is 1. The number of hydrogen-bond acceptors (Lipinski definition) is 3. The number of carbonyl (C=O) groups excluding carboxylic acids is 1. The van der Waals surface area contributed by atoms with Crippen molar-refractivity contribution in [3.05, 3.63) is 58.2 Å². The molecule has 0 aliphatic carbocycles. The largest absolute Gasteiger partial charge is 0.450 e. The third kappa shape index (κ3) is 7.83. The summed E-state index contributed by atoms with van der Waals surface area (Å²) >= 11 is 5.66. The van der Waals surface area contributed by atoms with Crippen LogP contribution in [0.4, 0.5) is 45.3 Å². The molecule has 1 heterocycles. The van der Waals surface area contributed by atoms with Gasteiger partial charge in [0.2, 0.25) is 5.84 Å². The van der Waals surface area contributed by atoms with Gasteiger partial charge in [-0.05, 0) is 37.3 Å². The maximum atomic E-state index is 13.0. The van der Waals surface area contributed by atoms with Crippen LogP contribution >= 0.6 is 11.6 Å². The Morgan fingerprint density at radius 3 is 1.97 bits per heavy atom. The first kappa shape index (κ1) is 27.9. The molecule has 0 saturated heterocycles. The van der Waals surface area contributed by atoms with Crippen molar-refractivity contribution < 1.29 is 44.3 Å². The smallest absolute Gasteiger partial charge is 0.342 e. The van der Waals surface area contributed by atoms with Gasteiger partial charge >= 0.3 is 18.5 Å². The van der Waals surface area contributed by atoms with Crippen molar-refractivity contribution in [2.45, 2.75) is 31.5 Å². The van der Waals surface area contributed by atoms with Crippen molar-refractivity contribution in [2.75, 3.05) is 5.32 Å². The molecule has 1 amide bonds. The zero-order valence-corrected chi connectivity index (χ0v) is 17.9. The van der Waals surface area contributed by atoms with Crippen LogP contribution in [-0.4, -0.2) is 34.8 Å². The molecular formula is C19H13ClF9N5O. The van der Waals surface area contributed by atoms with E-state index in [9.17, 15) is 44.3 Å². The van der Waals surface area contributed by atoms with Gasteiger partial charge in [0.1, 0.15) is 11.7 Å². The van der Waals surface area contributed by atoms with Crippen LogP contribution in [-0.2, 0) is 12.4 Å². The maximum absolute atomic E-state index is 13.0. The van der Waals surface area contributed by atoms with Crippen LogP contribution in [0.5, 0.6) is 0 Å². The molecule has 0 fully saturated rings. The minimum atomic E-state index is -5.22. The van der Waals surface area contributed by atoms with Crippen molar-refractivity contribution in [2.24, 2.45) is 4.99 Å². The molecule has 2 aromatic rings. The topological polar surface area (TPSA) is 90.2 Å². The maximum Gasteiger partial charge on any atom is 0.450 e. The van der Waals surface area contributed by atoms with Gasteiger partial charge in [0.25, 0.3) is 5.91 Å². The summed E-state index contributed by atoms with van der Waals surface area (Å²) in [7, 11) is 0. The lowest BCUT2D eigenvalue weighted by atomic mass is 10.0. The van der Waals surface area contributed by atoms with Gasteiger partial charge in [-0.25, -0.2) is 9.98 Å². The first-order valence-corrected chi connectivity index (χ1v) is 9.49. The van der Waals surface area contributed by atoms with E-state index < -0.39 is 58.8 Å². The van der Waals surface area contributed by atoms with Gasteiger partial charge in [-0.3, -0.25) is 10.2 Å². The average Bonchev–Trinajstić information content (AvgIpc) is 2.72. The SMILES string of the molecule is C[C@H](NC(=O)c1cc(C(F)(F)F)cc(C(F)(F)F)c1)/C(=N/C(=N)C(F)(F)F)Nc1ccc(Cl)cn1. The third-order valence-electron chi connectivity index (χ3n) is 4.09. The number of rotatable bonds is 4. The van der Waals surface area contributed by atoms with Crippen LogP contribution in [0, 0.1) is 5.41 Å². The van der Waals surface area contributed by atoms with Crippen molar-refractivity contribution in [1.29, 1.82) is 5.41 Å². The lowest BCUT2D eigenvalue weighted by Crippen LogP contribution is -2.43. The Morgan fingerprint density at radius 1 is 1.00 bits per heavy atom. The van der Waals surface area contributed by atoms with Crippen LogP contribution in [0.25, 0.3) is 0 Å². The molecule has 2 rings (SSSR count). The highest BCUT2D eigenvalue weighted by molar-refractivity contribution is 6.30. The zero-order valence-electron chi connectivity index (χ0n) is 17.1. The summed E-state index contributed by atoms with van der Waals surface area (Å²) < 4.78 is 117. The van der Waals surface area contributed by atoms with E-state index in [-0.39, 0.29) is 29.0 Å². The van der Waals surface area contributed by atoms with Crippen LogP contribution in [0.1, 0.15) is 28.4 Å². The fourth-order valence-electron chi connectivity index (χ4n) is 2.43. The summed E-state index contributed by atoms with van der Waals surface area (Å²) in [5.41, 5.74) is -4.59. The second-order valence-corrected chi connectivity index (χ2v) is 7.26. The van der Waals surface area contributed by atoms with Crippen LogP contribution in [0.3, 0.4) is 0 Å². The number of aliphatic imine (C=N–C) groups is 1. The third-order valence-corrected chi connectivity index (χ3v) is 4.32. The predicted molar refractivity (Wildman–Crippen MR) is 107 cm³/mol. The molecule has 3 N–H and O–H groups in total. The Hall–Kier alpha value is -3.36. The Kier molecular flexibility index (Phi) is 8.04. The lowest BCUT2D eigenvalue weighted by Gasteiger charge is -2.20. The van der Waals surface area contributed by atoms with E-state index in [1.165, 1.54) is 12.1 Å². The summed E-state index contributed by atoms with van der Waals surface area (Å²) in [6, 6.07) is 1.04. The van der Waals surface area contributed by atoms with Gasteiger partial charge in [-0.15, -0.1) is 0 Å². The van der Waals surface area contributed by atoms with E-state index in [2.05, 4.69) is 15.3 Å². The quantitative estimate of drug-likeness (QED) is 0.258. The molecule has 0 radical (unpaired) electrons. The standard InChI is InChI=1S/C19H13ClF9N5O/c1-8(14(34-16(30)19(27,28)29)33-13-3-2-12(20)7-31-13)32-15(35)9-4-10(17(21,22)23)6-11(5-9)18(24,25)26/h2-8H,1H3,(H,32,35)(H2,30,31,33,34)/t8-/m0/s1. The predicted octanol–water partition coefficient (Wildman–Crippen LogP) is 5.94. The molecule has 0 unspecified atom stereocenters. The highest BCUT2D eigenvalue weighted by Crippen LogP contribution is 2.36. The van der Waals surface area contributed by atoms with E-state index in [0.29, 0.717) is 0 Å². The normalized spacial score (nSPS) is 13.9. The number of nitrogens with one attached hydrogen (secondary N) is 3. The van der Waals surface area contributed by atoms with Crippen molar-refractivity contribution in [1.82, 2.24) is 10.3 Å². The molecule has 0 saturated carbocycles. The van der Waals surface area contributed by atoms with Crippen LogP contribution in [0.15, 0.2) is 41.5 Å². The fourth-order valence-corrected chi connectivity index (χ4v) is 2.54. The van der Waals surface area contributed by atoms with Crippen LogP contribution in [0.2, 0.25) is 5.02 Å². The number of carbonyl (C=O) groups is 1. The molecule has 1 aromatic heterocycles. The Balaban J connectivity index is 2.42. The number of amides is 1. The molecule has 0 spiro atoms. The minimum absolute atomic E-state index is 0.136. The van der Waals surface area contributed by atoms with Crippen molar-refractivity contribution >= 4 is 35.0 Å². The van der Waals surface area contributed by atoms with E-state index >= 15 is 0 Å². The van der Waals surface area contributed by atoms with E-state index in [4.69, 9.17) is 17.0 Å². The van der Waals surface area contributed by atoms with Crippen molar-refractivity contribution in [3.63, 3.8) is 0 Å². The van der Waals surface area contributed by atoms with E-state index in [1.807, 2.05) is 5.32 Å². The number of nitrogens with zero attached hydrogens (tertiary/aromatic N) is 2. The Labute approximate surface area is 195 Å². The molecule has 0 aliphatic heterocycles. The number of pyridine rings is 1. The van der Waals surface area contributed by atoms with Crippen LogP contribution < -0.4 is 10.6 Å². The summed E-state index contributed by atoms with van der Waals surface area (Å²) in [6.45, 7) is 1.03. The van der Waals surface area contributed by atoms with E-state index in [0.717, 1.165) is 13.1 Å². The molecule has 0 bridgehead atoms. The van der Waals surface area contributed by atoms with E-state index in [1.54, 1.807) is 0 Å². The zero-order chi connectivity index (χ0) is 26.8. The number of aromatic nitrogens is 1. The monoisotopic (exact) mass is 533 g/mol. The number of hydrogen-bond donors (Lipinski definition) is 3. The van der Waals surface area contributed by atoms with Gasteiger partial charge in [0.15, 0.2) is 0 Å². The van der Waals surface area contributed by atoms with Gasteiger partial charge in [-0.1, -0.05) is 11.6 Å². The fraction of sp³-hybridized carbons (Fsp3) is 0.263. The summed E-state index contributed by atoms with van der Waals surface area (Å²) in [5.74, 6) is -4.46. The first-order chi connectivity index (χ1) is 15.9.